The Morgan fingerprint density at radius 1 is 1.16 bits per heavy atom. The van der Waals surface area contributed by atoms with E-state index < -0.39 is 18.0 Å². The van der Waals surface area contributed by atoms with Gasteiger partial charge in [-0.25, -0.2) is 14.8 Å². The van der Waals surface area contributed by atoms with Crippen LogP contribution >= 0.6 is 11.6 Å². The van der Waals surface area contributed by atoms with E-state index in [-0.39, 0.29) is 12.5 Å². The van der Waals surface area contributed by atoms with Gasteiger partial charge in [-0.3, -0.25) is 4.79 Å². The van der Waals surface area contributed by atoms with Crippen LogP contribution in [0.3, 0.4) is 0 Å². The predicted octanol–water partition coefficient (Wildman–Crippen LogP) is 3.54. The first-order chi connectivity index (χ1) is 15.3. The summed E-state index contributed by atoms with van der Waals surface area (Å²) in [5.74, 6) is 0.802. The first-order valence-electron chi connectivity index (χ1n) is 9.98. The van der Waals surface area contributed by atoms with Crippen LogP contribution in [0.4, 0.5) is 16.3 Å². The van der Waals surface area contributed by atoms with Crippen molar-refractivity contribution in [2.24, 2.45) is 11.7 Å². The van der Waals surface area contributed by atoms with Gasteiger partial charge in [0, 0.05) is 10.4 Å². The third-order valence-electron chi connectivity index (χ3n) is 4.73. The minimum atomic E-state index is -0.604. The molecule has 5 N–H and O–H groups in total. The van der Waals surface area contributed by atoms with Crippen molar-refractivity contribution in [1.82, 2.24) is 15.3 Å². The van der Waals surface area contributed by atoms with Crippen molar-refractivity contribution in [2.75, 3.05) is 17.7 Å². The first-order valence-corrected chi connectivity index (χ1v) is 10.4. The number of amides is 3. The van der Waals surface area contributed by atoms with Crippen LogP contribution in [0.25, 0.3) is 10.9 Å². The molecule has 0 radical (unpaired) electrons. The lowest BCUT2D eigenvalue weighted by molar-refractivity contribution is -0.119. The third kappa shape index (κ3) is 5.55. The maximum absolute atomic E-state index is 12.4. The molecule has 1 aromatic heterocycles. The SMILES string of the molecule is COc1ccc(Cl)cc1NC(=O)NCc1nc(N[C@H](C(N)=O)C(C)C)c2ccccc2n1. The van der Waals surface area contributed by atoms with Gasteiger partial charge in [-0.05, 0) is 36.2 Å². The molecule has 168 valence electrons. The molecule has 0 bridgehead atoms. The van der Waals surface area contributed by atoms with Crippen molar-refractivity contribution in [2.45, 2.75) is 26.4 Å². The second-order valence-corrected chi connectivity index (χ2v) is 7.86. The van der Waals surface area contributed by atoms with Gasteiger partial charge < -0.3 is 26.4 Å². The Hall–Kier alpha value is -3.59. The van der Waals surface area contributed by atoms with Crippen molar-refractivity contribution in [3.05, 3.63) is 53.3 Å². The first kappa shape index (κ1) is 23.1. The number of rotatable bonds is 8. The highest BCUT2D eigenvalue weighted by Crippen LogP contribution is 2.27. The number of nitrogens with zero attached hydrogens (tertiary/aromatic N) is 2. The van der Waals surface area contributed by atoms with Gasteiger partial charge in [0.25, 0.3) is 0 Å². The number of primary amides is 1. The zero-order valence-electron chi connectivity index (χ0n) is 18.0. The van der Waals surface area contributed by atoms with Crippen molar-refractivity contribution < 1.29 is 14.3 Å². The Kier molecular flexibility index (Phi) is 7.32. The average molecular weight is 457 g/mol. The van der Waals surface area contributed by atoms with Crippen molar-refractivity contribution in [3.8, 4) is 5.75 Å². The predicted molar refractivity (Wildman–Crippen MR) is 125 cm³/mol. The number of nitrogens with one attached hydrogen (secondary N) is 3. The molecule has 2 aromatic carbocycles. The highest BCUT2D eigenvalue weighted by atomic mass is 35.5. The van der Waals surface area contributed by atoms with Gasteiger partial charge in [0.1, 0.15) is 17.6 Å². The quantitative estimate of drug-likeness (QED) is 0.410. The molecule has 0 aliphatic heterocycles. The summed E-state index contributed by atoms with van der Waals surface area (Å²) in [5.41, 5.74) is 6.65. The highest BCUT2D eigenvalue weighted by molar-refractivity contribution is 6.31. The van der Waals surface area contributed by atoms with Crippen molar-refractivity contribution >= 4 is 45.9 Å². The van der Waals surface area contributed by atoms with E-state index in [1.54, 1.807) is 18.2 Å². The average Bonchev–Trinajstić information content (AvgIpc) is 2.75. The molecular formula is C22H25ClN6O3. The van der Waals surface area contributed by atoms with E-state index in [9.17, 15) is 9.59 Å². The Morgan fingerprint density at radius 3 is 2.59 bits per heavy atom. The number of nitrogens with two attached hydrogens (primary N) is 1. The fourth-order valence-corrected chi connectivity index (χ4v) is 3.30. The Morgan fingerprint density at radius 2 is 1.91 bits per heavy atom. The molecule has 0 saturated heterocycles. The number of urea groups is 1. The standard InChI is InChI=1S/C22H25ClN6O3/c1-12(2)19(20(24)30)29-21-14-6-4-5-7-15(14)26-18(28-21)11-25-22(31)27-16-10-13(23)8-9-17(16)32-3/h4-10,12,19H,11H2,1-3H3,(H2,24,30)(H2,25,27,31)(H,26,28,29)/t19-/m0/s1. The van der Waals surface area contributed by atoms with E-state index in [0.29, 0.717) is 33.6 Å². The number of anilines is 2. The molecule has 1 heterocycles. The molecule has 0 saturated carbocycles. The summed E-state index contributed by atoms with van der Waals surface area (Å²) in [7, 11) is 1.50. The van der Waals surface area contributed by atoms with Gasteiger partial charge in [-0.2, -0.15) is 0 Å². The van der Waals surface area contributed by atoms with E-state index in [1.807, 2.05) is 38.1 Å². The lowest BCUT2D eigenvalue weighted by Gasteiger charge is -2.21. The molecule has 0 spiro atoms. The zero-order chi connectivity index (χ0) is 23.3. The molecule has 0 aliphatic carbocycles. The topological polar surface area (TPSA) is 131 Å². The Bertz CT molecular complexity index is 1140. The van der Waals surface area contributed by atoms with E-state index in [1.165, 1.54) is 7.11 Å². The van der Waals surface area contributed by atoms with E-state index in [0.717, 1.165) is 5.39 Å². The number of fused-ring (bicyclic) bond motifs is 1. The summed E-state index contributed by atoms with van der Waals surface area (Å²) >= 11 is 6.00. The number of para-hydroxylation sites is 1. The maximum Gasteiger partial charge on any atom is 0.319 e. The summed E-state index contributed by atoms with van der Waals surface area (Å²) in [6, 6.07) is 11.2. The van der Waals surface area contributed by atoms with E-state index in [4.69, 9.17) is 22.1 Å². The monoisotopic (exact) mass is 456 g/mol. The largest absolute Gasteiger partial charge is 0.495 e. The molecular weight excluding hydrogens is 432 g/mol. The van der Waals surface area contributed by atoms with Gasteiger partial charge in [-0.15, -0.1) is 0 Å². The van der Waals surface area contributed by atoms with Crippen LogP contribution in [0.1, 0.15) is 19.7 Å². The number of methoxy groups -OCH3 is 1. The lowest BCUT2D eigenvalue weighted by atomic mass is 10.0. The third-order valence-corrected chi connectivity index (χ3v) is 4.97. The van der Waals surface area contributed by atoms with Crippen molar-refractivity contribution in [3.63, 3.8) is 0 Å². The number of hydrogen-bond acceptors (Lipinski definition) is 6. The normalized spacial score (nSPS) is 11.8. The minimum absolute atomic E-state index is 0.0405. The summed E-state index contributed by atoms with van der Waals surface area (Å²) < 4.78 is 5.23. The number of aromatic nitrogens is 2. The second-order valence-electron chi connectivity index (χ2n) is 7.43. The van der Waals surface area contributed by atoms with Crippen LogP contribution in [-0.2, 0) is 11.3 Å². The van der Waals surface area contributed by atoms with Gasteiger partial charge in [0.15, 0.2) is 5.82 Å². The fourth-order valence-electron chi connectivity index (χ4n) is 3.13. The molecule has 3 rings (SSSR count). The summed E-state index contributed by atoms with van der Waals surface area (Å²) in [5, 5.41) is 9.74. The molecule has 32 heavy (non-hydrogen) atoms. The summed E-state index contributed by atoms with van der Waals surface area (Å²) in [6.07, 6.45) is 0. The van der Waals surface area contributed by atoms with Crippen LogP contribution in [0, 0.1) is 5.92 Å². The Labute approximate surface area is 190 Å². The molecule has 10 heteroatoms. The highest BCUT2D eigenvalue weighted by Gasteiger charge is 2.21. The van der Waals surface area contributed by atoms with Crippen LogP contribution in [-0.4, -0.2) is 35.1 Å². The van der Waals surface area contributed by atoms with E-state index >= 15 is 0 Å². The molecule has 3 amide bonds. The van der Waals surface area contributed by atoms with Crippen LogP contribution < -0.4 is 26.4 Å². The van der Waals surface area contributed by atoms with Crippen LogP contribution in [0.2, 0.25) is 5.02 Å². The van der Waals surface area contributed by atoms with Gasteiger partial charge in [0.05, 0.1) is 24.9 Å². The van der Waals surface area contributed by atoms with Gasteiger partial charge >= 0.3 is 6.03 Å². The fraction of sp³-hybridized carbons (Fsp3) is 0.273. The number of carbonyl (C=O) groups is 2. The van der Waals surface area contributed by atoms with Gasteiger partial charge in [0.2, 0.25) is 5.91 Å². The number of carbonyl (C=O) groups excluding carboxylic acids is 2. The lowest BCUT2D eigenvalue weighted by Crippen LogP contribution is -2.40. The smallest absolute Gasteiger partial charge is 0.319 e. The van der Waals surface area contributed by atoms with Crippen molar-refractivity contribution in [1.29, 1.82) is 0 Å². The van der Waals surface area contributed by atoms with E-state index in [2.05, 4.69) is 25.9 Å². The van der Waals surface area contributed by atoms with Crippen LogP contribution in [0.5, 0.6) is 5.75 Å². The minimum Gasteiger partial charge on any atom is -0.495 e. The molecule has 3 aromatic rings. The number of ether oxygens (including phenoxy) is 1. The molecule has 0 unspecified atom stereocenters. The molecule has 0 aliphatic rings. The molecule has 0 fully saturated rings. The number of halogens is 1. The van der Waals surface area contributed by atoms with Crippen LogP contribution in [0.15, 0.2) is 42.5 Å². The molecule has 1 atom stereocenters. The second kappa shape index (κ2) is 10.1. The summed E-state index contributed by atoms with van der Waals surface area (Å²) in [6.45, 7) is 3.84. The summed E-state index contributed by atoms with van der Waals surface area (Å²) in [4.78, 5) is 33.3. The van der Waals surface area contributed by atoms with Gasteiger partial charge in [-0.1, -0.05) is 37.6 Å². The maximum atomic E-state index is 12.4. The number of benzene rings is 2. The molecule has 9 nitrogen and oxygen atoms in total. The number of hydrogen-bond donors (Lipinski definition) is 4. The Balaban J connectivity index is 1.80. The zero-order valence-corrected chi connectivity index (χ0v) is 18.7.